The molecule has 1 N–H and O–H groups in total. The normalized spacial score (nSPS) is 15.2. The quantitative estimate of drug-likeness (QED) is 0.722. The number of hydrogen-bond acceptors (Lipinski definition) is 2. The van der Waals surface area contributed by atoms with Crippen LogP contribution in [-0.2, 0) is 4.74 Å². The molecule has 0 aromatic heterocycles. The molecule has 0 amide bonds. The van der Waals surface area contributed by atoms with E-state index in [0.29, 0.717) is 12.3 Å². The molecule has 0 saturated carbocycles. The Morgan fingerprint density at radius 2 is 1.32 bits per heavy atom. The van der Waals surface area contributed by atoms with Gasteiger partial charge in [-0.1, -0.05) is 27.7 Å². The van der Waals surface area contributed by atoms with Crippen molar-refractivity contribution in [1.29, 1.82) is 0 Å². The Morgan fingerprint density at radius 3 is 1.63 bits per heavy atom. The van der Waals surface area contributed by atoms with E-state index >= 15 is 0 Å². The fourth-order valence-corrected chi connectivity index (χ4v) is 3.15. The van der Waals surface area contributed by atoms with E-state index in [1.165, 1.54) is 0 Å². The monoisotopic (exact) mass is 272 g/mol. The van der Waals surface area contributed by atoms with Crippen molar-refractivity contribution in [3.05, 3.63) is 0 Å². The summed E-state index contributed by atoms with van der Waals surface area (Å²) in [5.41, 5.74) is -1.20. The van der Waals surface area contributed by atoms with Gasteiger partial charge >= 0.3 is 0 Å². The third kappa shape index (κ3) is 6.76. The Labute approximate surface area is 120 Å². The van der Waals surface area contributed by atoms with Crippen molar-refractivity contribution in [2.75, 3.05) is 0 Å². The Hall–Kier alpha value is -0.0800. The van der Waals surface area contributed by atoms with Gasteiger partial charge in [-0.25, -0.2) is 0 Å². The van der Waals surface area contributed by atoms with Crippen molar-refractivity contribution < 1.29 is 9.84 Å². The average Bonchev–Trinajstić information content (AvgIpc) is 1.91. The molecule has 0 aromatic carbocycles. The van der Waals surface area contributed by atoms with E-state index in [2.05, 4.69) is 55.4 Å². The van der Waals surface area contributed by atoms with Gasteiger partial charge in [0.1, 0.15) is 0 Å². The van der Waals surface area contributed by atoms with E-state index in [0.717, 1.165) is 6.42 Å². The summed E-state index contributed by atoms with van der Waals surface area (Å²) >= 11 is 0. The highest BCUT2D eigenvalue weighted by Crippen LogP contribution is 2.43. The van der Waals surface area contributed by atoms with Crippen molar-refractivity contribution in [2.24, 2.45) is 11.3 Å². The minimum Gasteiger partial charge on any atom is -0.390 e. The van der Waals surface area contributed by atoms with Crippen LogP contribution in [0.1, 0.15) is 82.1 Å². The number of ether oxygens (including phenoxy) is 1. The molecule has 0 aliphatic carbocycles. The first-order valence-electron chi connectivity index (χ1n) is 7.51. The van der Waals surface area contributed by atoms with Crippen LogP contribution < -0.4 is 0 Å². The van der Waals surface area contributed by atoms with Gasteiger partial charge in [-0.2, -0.15) is 0 Å². The second kappa shape index (κ2) is 5.73. The first kappa shape index (κ1) is 18.9. The summed E-state index contributed by atoms with van der Waals surface area (Å²) in [5, 5.41) is 10.1. The predicted octanol–water partition coefficient (Wildman–Crippen LogP) is 4.79. The molecule has 0 spiro atoms. The molecule has 0 radical (unpaired) electrons. The van der Waals surface area contributed by atoms with Gasteiger partial charge in [0.25, 0.3) is 0 Å². The molecule has 0 saturated heterocycles. The summed E-state index contributed by atoms with van der Waals surface area (Å²) < 4.78 is 6.44. The van der Waals surface area contributed by atoms with Crippen LogP contribution >= 0.6 is 0 Å². The largest absolute Gasteiger partial charge is 0.390 e. The molecule has 19 heavy (non-hydrogen) atoms. The second-order valence-corrected chi connectivity index (χ2v) is 8.84. The van der Waals surface area contributed by atoms with Gasteiger partial charge in [0.05, 0.1) is 16.8 Å². The van der Waals surface area contributed by atoms with E-state index in [1.807, 2.05) is 13.8 Å². The lowest BCUT2D eigenvalue weighted by Gasteiger charge is -2.48. The summed E-state index contributed by atoms with van der Waals surface area (Å²) in [5.74, 6) is 0.614. The van der Waals surface area contributed by atoms with Crippen LogP contribution in [0, 0.1) is 11.3 Å². The Kier molecular flexibility index (Phi) is 5.71. The maximum Gasteiger partial charge on any atom is 0.0685 e. The SMILES string of the molecule is CC(C)CC(C)(C)OC(C)(C)C(C)(C)CC(C)(C)O. The summed E-state index contributed by atoms with van der Waals surface area (Å²) in [4.78, 5) is 0. The highest BCUT2D eigenvalue weighted by Gasteiger charge is 2.44. The molecule has 0 aromatic rings. The van der Waals surface area contributed by atoms with Gasteiger partial charge in [0.2, 0.25) is 0 Å². The smallest absolute Gasteiger partial charge is 0.0685 e. The number of hydrogen-bond donors (Lipinski definition) is 1. The standard InChI is InChI=1S/C17H36O2/c1-13(2)11-16(7,8)19-17(9,10)14(3,4)12-15(5,6)18/h13,18H,11-12H2,1-10H3. The second-order valence-electron chi connectivity index (χ2n) is 8.84. The maximum atomic E-state index is 10.1. The van der Waals surface area contributed by atoms with Gasteiger partial charge in [-0.3, -0.25) is 0 Å². The van der Waals surface area contributed by atoms with Crippen LogP contribution in [0.5, 0.6) is 0 Å². The van der Waals surface area contributed by atoms with E-state index in [4.69, 9.17) is 4.74 Å². The molecule has 0 bridgehead atoms. The molecule has 0 aliphatic heterocycles. The van der Waals surface area contributed by atoms with Crippen LogP contribution in [0.3, 0.4) is 0 Å². The molecule has 0 rings (SSSR count). The maximum absolute atomic E-state index is 10.1. The highest BCUT2D eigenvalue weighted by atomic mass is 16.5. The molecular weight excluding hydrogens is 236 g/mol. The van der Waals surface area contributed by atoms with Crippen molar-refractivity contribution >= 4 is 0 Å². The Balaban J connectivity index is 4.95. The van der Waals surface area contributed by atoms with Gasteiger partial charge in [0.15, 0.2) is 0 Å². The first-order chi connectivity index (χ1) is 8.08. The van der Waals surface area contributed by atoms with Crippen LogP contribution in [0.2, 0.25) is 0 Å². The van der Waals surface area contributed by atoms with Crippen LogP contribution in [0.15, 0.2) is 0 Å². The molecule has 0 aliphatic rings. The lowest BCUT2D eigenvalue weighted by atomic mass is 9.70. The fraction of sp³-hybridized carbons (Fsp3) is 1.00. The summed E-state index contributed by atoms with van der Waals surface area (Å²) in [6, 6.07) is 0. The Morgan fingerprint density at radius 1 is 0.895 bits per heavy atom. The van der Waals surface area contributed by atoms with E-state index in [1.54, 1.807) is 0 Å². The minimum atomic E-state index is -0.674. The van der Waals surface area contributed by atoms with E-state index in [-0.39, 0.29) is 16.6 Å². The van der Waals surface area contributed by atoms with Crippen LogP contribution in [-0.4, -0.2) is 21.9 Å². The topological polar surface area (TPSA) is 29.5 Å². The molecular formula is C17H36O2. The lowest BCUT2D eigenvalue weighted by Crippen LogP contribution is -2.50. The molecule has 2 heteroatoms. The molecule has 2 nitrogen and oxygen atoms in total. The zero-order valence-electron chi connectivity index (χ0n) is 14.8. The van der Waals surface area contributed by atoms with Gasteiger partial charge < -0.3 is 9.84 Å². The average molecular weight is 272 g/mol. The van der Waals surface area contributed by atoms with Crippen LogP contribution in [0.4, 0.5) is 0 Å². The summed E-state index contributed by atoms with van der Waals surface area (Å²) in [6.45, 7) is 21.1. The van der Waals surface area contributed by atoms with Crippen molar-refractivity contribution in [1.82, 2.24) is 0 Å². The van der Waals surface area contributed by atoms with Crippen molar-refractivity contribution in [3.8, 4) is 0 Å². The minimum absolute atomic E-state index is 0.0977. The molecule has 116 valence electrons. The number of aliphatic hydroxyl groups is 1. The lowest BCUT2D eigenvalue weighted by molar-refractivity contribution is -0.191. The van der Waals surface area contributed by atoms with Gasteiger partial charge in [-0.05, 0) is 65.7 Å². The summed E-state index contributed by atoms with van der Waals surface area (Å²) in [7, 11) is 0. The number of rotatable bonds is 7. The molecule has 0 fully saturated rings. The van der Waals surface area contributed by atoms with Gasteiger partial charge in [-0.15, -0.1) is 0 Å². The fourth-order valence-electron chi connectivity index (χ4n) is 3.15. The van der Waals surface area contributed by atoms with Gasteiger partial charge in [0, 0.05) is 0 Å². The van der Waals surface area contributed by atoms with E-state index in [9.17, 15) is 5.11 Å². The zero-order chi connectivity index (χ0) is 15.7. The van der Waals surface area contributed by atoms with E-state index < -0.39 is 5.60 Å². The first-order valence-corrected chi connectivity index (χ1v) is 7.51. The molecule has 0 unspecified atom stereocenters. The van der Waals surface area contributed by atoms with Crippen molar-refractivity contribution in [2.45, 2.75) is 98.9 Å². The molecule has 0 heterocycles. The van der Waals surface area contributed by atoms with Crippen molar-refractivity contribution in [3.63, 3.8) is 0 Å². The van der Waals surface area contributed by atoms with Crippen LogP contribution in [0.25, 0.3) is 0 Å². The summed E-state index contributed by atoms with van der Waals surface area (Å²) in [6.07, 6.45) is 1.75. The zero-order valence-corrected chi connectivity index (χ0v) is 14.8. The third-order valence-electron chi connectivity index (χ3n) is 3.94. The molecule has 0 atom stereocenters. The Bertz CT molecular complexity index is 280. The predicted molar refractivity (Wildman–Crippen MR) is 83.4 cm³/mol. The third-order valence-corrected chi connectivity index (χ3v) is 3.94. The highest BCUT2D eigenvalue weighted by molar-refractivity contribution is 4.93.